The van der Waals surface area contributed by atoms with Gasteiger partial charge in [0.1, 0.15) is 6.10 Å². The summed E-state index contributed by atoms with van der Waals surface area (Å²) in [5, 5.41) is 47.9. The maximum atomic E-state index is 9.96. The summed E-state index contributed by atoms with van der Waals surface area (Å²) >= 11 is 0. The van der Waals surface area contributed by atoms with Crippen LogP contribution in [0.25, 0.3) is 0 Å². The molecule has 0 bridgehead atoms. The Morgan fingerprint density at radius 1 is 0.679 bits per heavy atom. The van der Waals surface area contributed by atoms with Gasteiger partial charge in [0, 0.05) is 19.8 Å². The molecule has 0 spiro atoms. The van der Waals surface area contributed by atoms with Crippen LogP contribution >= 0.6 is 0 Å². The third kappa shape index (κ3) is 64.5. The van der Waals surface area contributed by atoms with Crippen LogP contribution in [-0.2, 0) is 14.4 Å². The summed E-state index contributed by atoms with van der Waals surface area (Å²) in [5.41, 5.74) is 0. The second kappa shape index (κ2) is 30.0. The van der Waals surface area contributed by atoms with Crippen molar-refractivity contribution in [2.45, 2.75) is 91.1 Å². The molecule has 0 aliphatic heterocycles. The average Bonchev–Trinajstić information content (AvgIpc) is 2.62. The van der Waals surface area contributed by atoms with E-state index in [4.69, 9.17) is 35.4 Å². The number of hydrogen-bond acceptors (Lipinski definition) is 6. The Hall–Kier alpha value is -1.71. The number of unbranched alkanes of at least 4 members (excludes halogenated alkanes) is 6. The lowest BCUT2D eigenvalue weighted by atomic mass is 10.2. The minimum atomic E-state index is -0.954. The van der Waals surface area contributed by atoms with Crippen LogP contribution in [0.15, 0.2) is 0 Å². The topological polar surface area (TPSA) is 173 Å². The Labute approximate surface area is 168 Å². The van der Waals surface area contributed by atoms with E-state index in [-0.39, 0.29) is 13.2 Å². The molecule has 0 fully saturated rings. The highest BCUT2D eigenvalue weighted by molar-refractivity contribution is 5.66. The van der Waals surface area contributed by atoms with E-state index in [9.17, 15) is 9.59 Å². The fraction of sp³-hybridized carbons (Fsp3) is 0.842. The van der Waals surface area contributed by atoms with Gasteiger partial charge in [0.2, 0.25) is 0 Å². The number of aliphatic hydroxyl groups is 3. The highest BCUT2D eigenvalue weighted by Crippen LogP contribution is 2.01. The van der Waals surface area contributed by atoms with Crippen LogP contribution in [0, 0.1) is 0 Å². The van der Waals surface area contributed by atoms with Gasteiger partial charge < -0.3 is 30.6 Å². The average molecular weight is 413 g/mol. The van der Waals surface area contributed by atoms with Gasteiger partial charge >= 0.3 is 11.9 Å². The number of aliphatic carboxylic acids is 3. The SMILES string of the molecule is CC(=O)O.CCCCCCC(=O)O.CCCCCCC(=O)O.OCC(O)CO. The van der Waals surface area contributed by atoms with Crippen molar-refractivity contribution in [1.29, 1.82) is 0 Å². The second-order valence-corrected chi connectivity index (χ2v) is 5.95. The van der Waals surface area contributed by atoms with E-state index >= 15 is 0 Å². The van der Waals surface area contributed by atoms with E-state index in [1.807, 2.05) is 0 Å². The third-order valence-corrected chi connectivity index (χ3v) is 2.91. The molecule has 9 nitrogen and oxygen atoms in total. The van der Waals surface area contributed by atoms with Crippen molar-refractivity contribution in [3.05, 3.63) is 0 Å². The highest BCUT2D eigenvalue weighted by atomic mass is 16.4. The predicted octanol–water partition coefficient (Wildman–Crippen LogP) is 2.51. The van der Waals surface area contributed by atoms with Crippen molar-refractivity contribution in [2.24, 2.45) is 0 Å². The lowest BCUT2D eigenvalue weighted by Gasteiger charge is -1.96. The van der Waals surface area contributed by atoms with Gasteiger partial charge in [0.15, 0.2) is 0 Å². The Bertz CT molecular complexity index is 316. The molecule has 0 aromatic rings. The molecule has 0 saturated carbocycles. The zero-order chi connectivity index (χ0) is 22.8. The molecule has 0 aromatic heterocycles. The number of carbonyl (C=O) groups is 3. The molecule has 0 saturated heterocycles. The summed E-state index contributed by atoms with van der Waals surface area (Å²) in [7, 11) is 0. The van der Waals surface area contributed by atoms with Crippen LogP contribution in [0.2, 0.25) is 0 Å². The number of carboxylic acid groups (broad SMARTS) is 3. The van der Waals surface area contributed by atoms with Crippen LogP contribution < -0.4 is 0 Å². The summed E-state index contributed by atoms with van der Waals surface area (Å²) in [6.07, 6.45) is 8.16. The number of aliphatic hydroxyl groups excluding tert-OH is 3. The molecular weight excluding hydrogens is 372 g/mol. The molecule has 0 amide bonds. The molecule has 0 aliphatic carbocycles. The zero-order valence-electron chi connectivity index (χ0n) is 17.5. The van der Waals surface area contributed by atoms with Crippen LogP contribution in [0.4, 0.5) is 0 Å². The van der Waals surface area contributed by atoms with Gasteiger partial charge in [-0.2, -0.15) is 0 Å². The van der Waals surface area contributed by atoms with Crippen LogP contribution in [-0.4, -0.2) is 67.9 Å². The van der Waals surface area contributed by atoms with E-state index in [1.165, 1.54) is 12.8 Å². The predicted molar refractivity (Wildman–Crippen MR) is 106 cm³/mol. The minimum Gasteiger partial charge on any atom is -0.481 e. The van der Waals surface area contributed by atoms with Gasteiger partial charge in [0.25, 0.3) is 5.97 Å². The lowest BCUT2D eigenvalue weighted by molar-refractivity contribution is -0.138. The molecular formula is C19H40O9. The van der Waals surface area contributed by atoms with Gasteiger partial charge in [-0.25, -0.2) is 0 Å². The fourth-order valence-electron chi connectivity index (χ4n) is 1.46. The monoisotopic (exact) mass is 412 g/mol. The third-order valence-electron chi connectivity index (χ3n) is 2.91. The standard InChI is InChI=1S/2C7H14O2.C3H8O3.C2H4O2/c2*1-2-3-4-5-6-7(8)9;4-1-3(6)2-5;1-2(3)4/h2*2-6H2,1H3,(H,8,9);3-6H,1-2H2;1H3,(H,3,4). The van der Waals surface area contributed by atoms with Gasteiger partial charge in [-0.05, 0) is 12.8 Å². The molecule has 9 heteroatoms. The van der Waals surface area contributed by atoms with Crippen molar-refractivity contribution in [1.82, 2.24) is 0 Å². The van der Waals surface area contributed by atoms with Crippen molar-refractivity contribution < 1.29 is 45.0 Å². The summed E-state index contributed by atoms with van der Waals surface area (Å²) in [4.78, 5) is 28.9. The Morgan fingerprint density at radius 2 is 0.964 bits per heavy atom. The van der Waals surface area contributed by atoms with Crippen molar-refractivity contribution in [3.8, 4) is 0 Å². The molecule has 0 heterocycles. The van der Waals surface area contributed by atoms with Gasteiger partial charge in [-0.3, -0.25) is 14.4 Å². The normalized spacial score (nSPS) is 9.11. The number of rotatable bonds is 12. The fourth-order valence-corrected chi connectivity index (χ4v) is 1.46. The maximum Gasteiger partial charge on any atom is 0.303 e. The van der Waals surface area contributed by atoms with Gasteiger partial charge in [-0.1, -0.05) is 52.4 Å². The number of carboxylic acids is 3. The van der Waals surface area contributed by atoms with Crippen LogP contribution in [0.5, 0.6) is 0 Å². The quantitative estimate of drug-likeness (QED) is 0.263. The van der Waals surface area contributed by atoms with E-state index in [2.05, 4.69) is 13.8 Å². The molecule has 0 aliphatic rings. The van der Waals surface area contributed by atoms with Crippen molar-refractivity contribution in [2.75, 3.05) is 13.2 Å². The Balaban J connectivity index is -0.000000143. The molecule has 0 aromatic carbocycles. The van der Waals surface area contributed by atoms with Crippen LogP contribution in [0.1, 0.15) is 85.0 Å². The Kier molecular flexibility index (Phi) is 36.3. The van der Waals surface area contributed by atoms with Crippen molar-refractivity contribution >= 4 is 17.9 Å². The van der Waals surface area contributed by atoms with E-state index in [1.54, 1.807) is 0 Å². The van der Waals surface area contributed by atoms with Gasteiger partial charge in [-0.15, -0.1) is 0 Å². The first-order valence-electron chi connectivity index (χ1n) is 9.61. The summed E-state index contributed by atoms with van der Waals surface area (Å²) in [6.45, 7) is 4.58. The number of hydrogen-bond donors (Lipinski definition) is 6. The van der Waals surface area contributed by atoms with E-state index < -0.39 is 24.0 Å². The molecule has 28 heavy (non-hydrogen) atoms. The molecule has 0 unspecified atom stereocenters. The molecule has 170 valence electrons. The molecule has 0 rings (SSSR count). The lowest BCUT2D eigenvalue weighted by Crippen LogP contribution is -2.15. The molecule has 0 radical (unpaired) electrons. The second-order valence-electron chi connectivity index (χ2n) is 5.95. The van der Waals surface area contributed by atoms with E-state index in [0.29, 0.717) is 12.8 Å². The smallest absolute Gasteiger partial charge is 0.303 e. The van der Waals surface area contributed by atoms with Gasteiger partial charge in [0.05, 0.1) is 13.2 Å². The van der Waals surface area contributed by atoms with E-state index in [0.717, 1.165) is 45.4 Å². The molecule has 6 N–H and O–H groups in total. The summed E-state index contributed by atoms with van der Waals surface area (Å²) in [6, 6.07) is 0. The first-order chi connectivity index (χ1) is 13.1. The zero-order valence-corrected chi connectivity index (χ0v) is 17.5. The summed E-state index contributed by atoms with van der Waals surface area (Å²) in [5.74, 6) is -2.18. The van der Waals surface area contributed by atoms with Crippen molar-refractivity contribution in [3.63, 3.8) is 0 Å². The first-order valence-corrected chi connectivity index (χ1v) is 9.61. The summed E-state index contributed by atoms with van der Waals surface area (Å²) < 4.78 is 0. The first kappa shape index (κ1) is 33.8. The molecule has 0 atom stereocenters. The minimum absolute atomic E-state index is 0.333. The maximum absolute atomic E-state index is 9.96. The Morgan fingerprint density at radius 3 is 1.11 bits per heavy atom. The highest BCUT2D eigenvalue weighted by Gasteiger charge is 1.95. The van der Waals surface area contributed by atoms with Crippen LogP contribution in [0.3, 0.4) is 0 Å². The largest absolute Gasteiger partial charge is 0.481 e.